The maximum Gasteiger partial charge on any atom is 0.164 e. The van der Waals surface area contributed by atoms with Gasteiger partial charge >= 0.3 is 0 Å². The third-order valence-electron chi connectivity index (χ3n) is 12.9. The third-order valence-corrected chi connectivity index (χ3v) is 12.9. The topological polar surface area (TPSA) is 52.8 Å². The molecule has 63 heavy (non-hydrogen) atoms. The van der Waals surface area contributed by atoms with E-state index in [1.54, 1.807) is 0 Å². The van der Waals surface area contributed by atoms with Crippen molar-refractivity contribution in [1.29, 1.82) is 0 Å². The molecule has 0 radical (unpaired) electrons. The number of aromatic nitrogens is 4. The highest BCUT2D eigenvalue weighted by Gasteiger charge is 2.52. The summed E-state index contributed by atoms with van der Waals surface area (Å²) in [4.78, 5) is 16.0. The van der Waals surface area contributed by atoms with Gasteiger partial charge in [0, 0.05) is 49.8 Å². The molecule has 0 bridgehead atoms. The molecule has 11 aromatic rings. The Morgan fingerprint density at radius 3 is 1.56 bits per heavy atom. The lowest BCUT2D eigenvalue weighted by Crippen LogP contribution is -2.32. The van der Waals surface area contributed by atoms with Gasteiger partial charge in [-0.1, -0.05) is 188 Å². The first-order valence-electron chi connectivity index (χ1n) is 21.4. The Bertz CT molecular complexity index is 3530. The molecule has 0 atom stereocenters. The summed E-state index contributed by atoms with van der Waals surface area (Å²) >= 11 is 0. The molecule has 5 heteroatoms. The molecule has 294 valence electrons. The highest BCUT2D eigenvalue weighted by atomic mass is 16.5. The Kier molecular flexibility index (Phi) is 7.75. The fourth-order valence-corrected chi connectivity index (χ4v) is 10.3. The van der Waals surface area contributed by atoms with Gasteiger partial charge in [-0.2, -0.15) is 0 Å². The fraction of sp³-hybridized carbons (Fsp3) is 0.0172. The van der Waals surface area contributed by atoms with Crippen LogP contribution in [0.2, 0.25) is 0 Å². The Labute approximate surface area is 364 Å². The van der Waals surface area contributed by atoms with E-state index in [1.807, 2.05) is 24.3 Å². The predicted molar refractivity (Wildman–Crippen MR) is 253 cm³/mol. The second kappa shape index (κ2) is 13.8. The molecule has 13 rings (SSSR count). The minimum absolute atomic E-state index is 0.610. The van der Waals surface area contributed by atoms with E-state index in [0.29, 0.717) is 17.5 Å². The van der Waals surface area contributed by atoms with Crippen LogP contribution in [0.25, 0.3) is 83.9 Å². The summed E-state index contributed by atoms with van der Waals surface area (Å²) in [5.74, 6) is 3.53. The molecule has 0 saturated carbocycles. The molecule has 0 fully saturated rings. The molecule has 3 heterocycles. The summed E-state index contributed by atoms with van der Waals surface area (Å²) in [6.45, 7) is 0. The number of nitrogens with zero attached hydrogens (tertiary/aromatic N) is 4. The van der Waals surface area contributed by atoms with Crippen LogP contribution in [0.4, 0.5) is 0 Å². The van der Waals surface area contributed by atoms with Gasteiger partial charge in [-0.15, -0.1) is 0 Å². The average Bonchev–Trinajstić information content (AvgIpc) is 3.86. The number of fused-ring (bicyclic) bond motifs is 13. The second-order valence-electron chi connectivity index (χ2n) is 16.3. The smallest absolute Gasteiger partial charge is 0.164 e. The number of rotatable bonds is 5. The lowest BCUT2D eigenvalue weighted by atomic mass is 9.66. The maximum absolute atomic E-state index is 6.77. The van der Waals surface area contributed by atoms with Gasteiger partial charge in [-0.25, -0.2) is 15.0 Å². The maximum atomic E-state index is 6.77. The van der Waals surface area contributed by atoms with Crippen molar-refractivity contribution < 1.29 is 4.74 Å². The van der Waals surface area contributed by atoms with Gasteiger partial charge in [0.15, 0.2) is 17.5 Å². The lowest BCUT2D eigenvalue weighted by molar-refractivity contribution is 0.436. The SMILES string of the molecule is c1ccc(-c2ccc(-c3nc(-c4ccccc4)nc(-c4cccc5c4-c4c(ccc6c7ccccc7n(-c7ccccc7)c46)C54c5ccccc5Oc5ccccc54)n3)cc2)cc1. The highest BCUT2D eigenvalue weighted by Crippen LogP contribution is 2.64. The van der Waals surface area contributed by atoms with E-state index in [1.165, 1.54) is 16.3 Å². The van der Waals surface area contributed by atoms with Crippen molar-refractivity contribution in [2.24, 2.45) is 0 Å². The zero-order chi connectivity index (χ0) is 41.5. The molecule has 5 nitrogen and oxygen atoms in total. The standard InChI is InChI=1S/C58H36N4O/c1-4-17-37(18-5-1)38-31-33-40(34-32-38)56-59-55(39-19-6-2-7-20-39)60-57(61-56)44-24-16-27-47-52(44)53-48(58(47)45-25-11-14-29-50(45)63-51-30-15-12-26-46(51)58)36-35-43-42-23-10-13-28-49(42)62(54(43)53)41-21-8-3-9-22-41/h1-36H. The van der Waals surface area contributed by atoms with Crippen molar-refractivity contribution in [3.8, 4) is 73.6 Å². The molecule has 1 aliphatic heterocycles. The van der Waals surface area contributed by atoms with Crippen molar-refractivity contribution >= 4 is 21.8 Å². The number of hydrogen-bond acceptors (Lipinski definition) is 4. The summed E-state index contributed by atoms with van der Waals surface area (Å²) in [6.07, 6.45) is 0. The number of benzene rings is 9. The van der Waals surface area contributed by atoms with E-state index in [4.69, 9.17) is 19.7 Å². The zero-order valence-electron chi connectivity index (χ0n) is 34.0. The summed E-state index contributed by atoms with van der Waals surface area (Å²) in [7, 11) is 0. The Hall–Kier alpha value is -8.41. The molecular formula is C58H36N4O. The summed E-state index contributed by atoms with van der Waals surface area (Å²) in [6, 6.07) is 77.1. The molecule has 0 amide bonds. The molecule has 2 aromatic heterocycles. The highest BCUT2D eigenvalue weighted by molar-refractivity contribution is 6.17. The second-order valence-corrected chi connectivity index (χ2v) is 16.3. The number of hydrogen-bond donors (Lipinski definition) is 0. The summed E-state index contributed by atoms with van der Waals surface area (Å²) in [5.41, 5.74) is 14.5. The van der Waals surface area contributed by atoms with Crippen molar-refractivity contribution in [2.45, 2.75) is 5.41 Å². The molecule has 1 aliphatic carbocycles. The van der Waals surface area contributed by atoms with Gasteiger partial charge in [0.1, 0.15) is 11.5 Å². The first-order valence-corrected chi connectivity index (χ1v) is 21.4. The zero-order valence-corrected chi connectivity index (χ0v) is 34.0. The number of ether oxygens (including phenoxy) is 1. The van der Waals surface area contributed by atoms with Crippen LogP contribution >= 0.6 is 0 Å². The van der Waals surface area contributed by atoms with Crippen molar-refractivity contribution in [3.05, 3.63) is 241 Å². The van der Waals surface area contributed by atoms with Crippen molar-refractivity contribution in [2.75, 3.05) is 0 Å². The van der Waals surface area contributed by atoms with Gasteiger partial charge in [-0.05, 0) is 58.1 Å². The number of para-hydroxylation sites is 4. The van der Waals surface area contributed by atoms with Crippen LogP contribution in [-0.2, 0) is 5.41 Å². The molecule has 0 unspecified atom stereocenters. The lowest BCUT2D eigenvalue weighted by Gasteiger charge is -2.39. The van der Waals surface area contributed by atoms with Gasteiger partial charge in [-0.3, -0.25) is 0 Å². The van der Waals surface area contributed by atoms with Crippen LogP contribution in [0.1, 0.15) is 22.3 Å². The van der Waals surface area contributed by atoms with Crippen LogP contribution in [0, 0.1) is 0 Å². The van der Waals surface area contributed by atoms with Crippen LogP contribution in [-0.4, -0.2) is 19.5 Å². The molecule has 0 saturated heterocycles. The van der Waals surface area contributed by atoms with Crippen LogP contribution < -0.4 is 4.74 Å². The van der Waals surface area contributed by atoms with E-state index < -0.39 is 5.41 Å². The summed E-state index contributed by atoms with van der Waals surface area (Å²) < 4.78 is 9.21. The van der Waals surface area contributed by atoms with Crippen LogP contribution in [0.15, 0.2) is 218 Å². The molecular weight excluding hydrogens is 769 g/mol. The van der Waals surface area contributed by atoms with Crippen LogP contribution in [0.3, 0.4) is 0 Å². The fourth-order valence-electron chi connectivity index (χ4n) is 10.3. The first-order chi connectivity index (χ1) is 31.3. The Balaban J connectivity index is 1.16. The van der Waals surface area contributed by atoms with Gasteiger partial charge < -0.3 is 9.30 Å². The normalized spacial score (nSPS) is 13.0. The van der Waals surface area contributed by atoms with E-state index in [9.17, 15) is 0 Å². The third kappa shape index (κ3) is 5.20. The molecule has 0 N–H and O–H groups in total. The van der Waals surface area contributed by atoms with E-state index >= 15 is 0 Å². The molecule has 1 spiro atoms. The quantitative estimate of drug-likeness (QED) is 0.174. The predicted octanol–water partition coefficient (Wildman–Crippen LogP) is 14.1. The van der Waals surface area contributed by atoms with Crippen molar-refractivity contribution in [3.63, 3.8) is 0 Å². The van der Waals surface area contributed by atoms with E-state index in [2.05, 4.69) is 199 Å². The average molecular weight is 805 g/mol. The minimum Gasteiger partial charge on any atom is -0.457 e. The largest absolute Gasteiger partial charge is 0.457 e. The molecule has 2 aliphatic rings. The van der Waals surface area contributed by atoms with Crippen molar-refractivity contribution in [1.82, 2.24) is 19.5 Å². The Morgan fingerprint density at radius 2 is 0.857 bits per heavy atom. The molecule has 9 aromatic carbocycles. The Morgan fingerprint density at radius 1 is 0.349 bits per heavy atom. The van der Waals surface area contributed by atoms with Gasteiger partial charge in [0.2, 0.25) is 0 Å². The summed E-state index contributed by atoms with van der Waals surface area (Å²) in [5, 5.41) is 2.37. The van der Waals surface area contributed by atoms with Crippen LogP contribution in [0.5, 0.6) is 11.5 Å². The van der Waals surface area contributed by atoms with Gasteiger partial charge in [0.05, 0.1) is 16.4 Å². The first kappa shape index (κ1) is 35.4. The minimum atomic E-state index is -0.719. The van der Waals surface area contributed by atoms with E-state index in [-0.39, 0.29) is 0 Å². The van der Waals surface area contributed by atoms with E-state index in [0.717, 1.165) is 83.9 Å². The monoisotopic (exact) mass is 804 g/mol. The van der Waals surface area contributed by atoms with Gasteiger partial charge in [0.25, 0.3) is 0 Å².